The number of halogens is 1. The lowest BCUT2D eigenvalue weighted by atomic mass is 9.94. The highest BCUT2D eigenvalue weighted by Crippen LogP contribution is 2.40. The van der Waals surface area contributed by atoms with Crippen molar-refractivity contribution in [2.45, 2.75) is 87.5 Å². The Bertz CT molecular complexity index is 1500. The van der Waals surface area contributed by atoms with E-state index in [1.54, 1.807) is 30.3 Å². The van der Waals surface area contributed by atoms with Gasteiger partial charge in [0.2, 0.25) is 0 Å². The van der Waals surface area contributed by atoms with Gasteiger partial charge in [-0.2, -0.15) is 16.8 Å². The van der Waals surface area contributed by atoms with Crippen LogP contribution in [-0.2, 0) is 25.0 Å². The number of aryl methyl sites for hydroxylation is 2. The van der Waals surface area contributed by atoms with Crippen LogP contribution < -0.4 is 8.37 Å². The Balaban J connectivity index is 1.68. The molecule has 3 atom stereocenters. The molecular weight excluding hydrogens is 555 g/mol. The number of rotatable bonds is 11. The summed E-state index contributed by atoms with van der Waals surface area (Å²) in [6.45, 7) is 5.74. The van der Waals surface area contributed by atoms with Gasteiger partial charge in [-0.15, -0.1) is 0 Å². The molecule has 4 rings (SSSR count). The summed E-state index contributed by atoms with van der Waals surface area (Å²) < 4.78 is 84.1. The van der Waals surface area contributed by atoms with Crippen molar-refractivity contribution in [3.8, 4) is 11.5 Å². The fourth-order valence-electron chi connectivity index (χ4n) is 4.58. The fraction of sp³-hybridized carbons (Fsp3) is 0.400. The van der Waals surface area contributed by atoms with Crippen molar-refractivity contribution in [1.82, 2.24) is 0 Å². The summed E-state index contributed by atoms with van der Waals surface area (Å²) in [5, 5.41) is 0. The Morgan fingerprint density at radius 3 is 1.88 bits per heavy atom. The zero-order valence-electron chi connectivity index (χ0n) is 22.9. The van der Waals surface area contributed by atoms with Crippen LogP contribution in [0.1, 0.15) is 68.2 Å². The van der Waals surface area contributed by atoms with E-state index >= 15 is 0 Å². The molecule has 0 radical (unpaired) electrons. The molecular formula is C30H35FO7S2. The second-order valence-corrected chi connectivity index (χ2v) is 13.3. The van der Waals surface area contributed by atoms with Crippen molar-refractivity contribution in [3.05, 3.63) is 83.4 Å². The van der Waals surface area contributed by atoms with Crippen LogP contribution in [0.25, 0.3) is 0 Å². The second kappa shape index (κ2) is 12.7. The Labute approximate surface area is 236 Å². The van der Waals surface area contributed by atoms with Crippen molar-refractivity contribution in [2.75, 3.05) is 0 Å². The van der Waals surface area contributed by atoms with Crippen LogP contribution in [0.15, 0.2) is 76.5 Å². The molecule has 40 heavy (non-hydrogen) atoms. The molecule has 0 bridgehead atoms. The fourth-order valence-corrected chi connectivity index (χ4v) is 6.45. The predicted molar refractivity (Wildman–Crippen MR) is 150 cm³/mol. The van der Waals surface area contributed by atoms with Crippen molar-refractivity contribution < 1.29 is 34.3 Å². The normalized spacial score (nSPS) is 19.8. The van der Waals surface area contributed by atoms with Crippen LogP contribution >= 0.6 is 0 Å². The maximum Gasteiger partial charge on any atom is 0.339 e. The molecule has 1 saturated heterocycles. The van der Waals surface area contributed by atoms with Crippen LogP contribution in [0.3, 0.4) is 0 Å². The Morgan fingerprint density at radius 1 is 0.775 bits per heavy atom. The number of ether oxygens (including phenoxy) is 1. The summed E-state index contributed by atoms with van der Waals surface area (Å²) >= 11 is 0. The van der Waals surface area contributed by atoms with Gasteiger partial charge in [-0.05, 0) is 62.2 Å². The third-order valence-electron chi connectivity index (χ3n) is 6.83. The lowest BCUT2D eigenvalue weighted by molar-refractivity contribution is -0.0825. The van der Waals surface area contributed by atoms with E-state index in [1.807, 2.05) is 13.8 Å². The molecule has 0 spiro atoms. The SMILES string of the molecule is CCCCC[C@H]1C[C@@H](F)C[C@@H](c2ccc(OS(=O)(=O)c3ccc(C)cc3)c(OS(=O)(=O)c3ccc(C)cc3)c2)O1. The van der Waals surface area contributed by atoms with Gasteiger partial charge in [0.05, 0.1) is 12.2 Å². The van der Waals surface area contributed by atoms with Gasteiger partial charge in [-0.25, -0.2) is 4.39 Å². The molecule has 10 heteroatoms. The van der Waals surface area contributed by atoms with Crippen molar-refractivity contribution in [2.24, 2.45) is 0 Å². The van der Waals surface area contributed by atoms with Crippen molar-refractivity contribution >= 4 is 20.2 Å². The average molecular weight is 591 g/mol. The first-order valence-electron chi connectivity index (χ1n) is 13.4. The highest BCUT2D eigenvalue weighted by molar-refractivity contribution is 7.87. The second-order valence-electron chi connectivity index (χ2n) is 10.2. The standard InChI is InChI=1S/C30H35FO7S2/c1-4-5-6-7-25-19-24(31)20-29(36-25)23-12-17-28(37-39(32,33)26-13-8-21(2)9-14-26)30(18-23)38-40(34,35)27-15-10-22(3)11-16-27/h8-18,24-25,29H,4-7,19-20H2,1-3H3/t24-,25+,29+/m1/s1. The zero-order valence-corrected chi connectivity index (χ0v) is 24.5. The van der Waals surface area contributed by atoms with Gasteiger partial charge in [0, 0.05) is 12.8 Å². The van der Waals surface area contributed by atoms with Gasteiger partial charge in [-0.3, -0.25) is 0 Å². The van der Waals surface area contributed by atoms with Gasteiger partial charge in [0.15, 0.2) is 11.5 Å². The van der Waals surface area contributed by atoms with E-state index in [-0.39, 0.29) is 33.8 Å². The molecule has 1 aliphatic rings. The summed E-state index contributed by atoms with van der Waals surface area (Å²) in [6.07, 6.45) is 2.12. The van der Waals surface area contributed by atoms with Gasteiger partial charge in [-0.1, -0.05) is 67.6 Å². The molecule has 0 amide bonds. The van der Waals surface area contributed by atoms with E-state index in [2.05, 4.69) is 6.92 Å². The summed E-state index contributed by atoms with van der Waals surface area (Å²) in [7, 11) is -8.66. The maximum atomic E-state index is 14.7. The van der Waals surface area contributed by atoms with E-state index in [1.165, 1.54) is 36.4 Å². The molecule has 0 aromatic heterocycles. The Hall–Kier alpha value is -2.95. The highest BCUT2D eigenvalue weighted by atomic mass is 32.2. The molecule has 216 valence electrons. The minimum atomic E-state index is -4.35. The summed E-state index contributed by atoms with van der Waals surface area (Å²) in [5.74, 6) is -0.645. The quantitative estimate of drug-likeness (QED) is 0.176. The van der Waals surface area contributed by atoms with Gasteiger partial charge in [0.1, 0.15) is 16.0 Å². The minimum absolute atomic E-state index is 0.0936. The summed E-state index contributed by atoms with van der Waals surface area (Å²) in [5.41, 5.74) is 2.19. The van der Waals surface area contributed by atoms with E-state index in [9.17, 15) is 21.2 Å². The smallest absolute Gasteiger partial charge is 0.339 e. The maximum absolute atomic E-state index is 14.7. The molecule has 3 aromatic rings. The van der Waals surface area contributed by atoms with Crippen molar-refractivity contribution in [1.29, 1.82) is 0 Å². The number of unbranched alkanes of at least 4 members (excludes halogenated alkanes) is 2. The number of hydrogen-bond acceptors (Lipinski definition) is 7. The molecule has 0 saturated carbocycles. The number of benzene rings is 3. The summed E-state index contributed by atoms with van der Waals surface area (Å²) in [6, 6.07) is 16.3. The molecule has 1 fully saturated rings. The molecule has 0 N–H and O–H groups in total. The summed E-state index contributed by atoms with van der Waals surface area (Å²) in [4.78, 5) is -0.204. The van der Waals surface area contributed by atoms with Crippen LogP contribution in [0.4, 0.5) is 4.39 Å². The third kappa shape index (κ3) is 7.62. The van der Waals surface area contributed by atoms with Crippen molar-refractivity contribution in [3.63, 3.8) is 0 Å². The van der Waals surface area contributed by atoms with Gasteiger partial charge < -0.3 is 13.1 Å². The number of alkyl halides is 1. The Morgan fingerprint density at radius 2 is 1.32 bits per heavy atom. The van der Waals surface area contributed by atoms with E-state index in [4.69, 9.17) is 13.1 Å². The minimum Gasteiger partial charge on any atom is -0.375 e. The van der Waals surface area contributed by atoms with E-state index in [0.717, 1.165) is 36.8 Å². The highest BCUT2D eigenvalue weighted by Gasteiger charge is 2.32. The first-order chi connectivity index (χ1) is 19.0. The first-order valence-corrected chi connectivity index (χ1v) is 16.2. The Kier molecular flexibility index (Phi) is 9.53. The lowest BCUT2D eigenvalue weighted by Gasteiger charge is -2.33. The lowest BCUT2D eigenvalue weighted by Crippen LogP contribution is -2.29. The van der Waals surface area contributed by atoms with Crippen LogP contribution in [0.2, 0.25) is 0 Å². The number of hydrogen-bond donors (Lipinski definition) is 0. The molecule has 1 heterocycles. The van der Waals surface area contributed by atoms with Crippen LogP contribution in [-0.4, -0.2) is 29.1 Å². The van der Waals surface area contributed by atoms with Gasteiger partial charge >= 0.3 is 20.2 Å². The monoisotopic (exact) mass is 590 g/mol. The molecule has 3 aromatic carbocycles. The first kappa shape index (κ1) is 30.0. The third-order valence-corrected chi connectivity index (χ3v) is 9.33. The topological polar surface area (TPSA) is 96.0 Å². The van der Waals surface area contributed by atoms with E-state index < -0.39 is 32.5 Å². The zero-order chi connectivity index (χ0) is 28.9. The van der Waals surface area contributed by atoms with Gasteiger partial charge in [0.25, 0.3) is 0 Å². The molecule has 1 aliphatic heterocycles. The van der Waals surface area contributed by atoms with E-state index in [0.29, 0.717) is 12.0 Å². The molecule has 7 nitrogen and oxygen atoms in total. The molecule has 0 aliphatic carbocycles. The average Bonchev–Trinajstić information content (AvgIpc) is 2.90. The largest absolute Gasteiger partial charge is 0.375 e. The van der Waals surface area contributed by atoms with Crippen LogP contribution in [0, 0.1) is 13.8 Å². The predicted octanol–water partition coefficient (Wildman–Crippen LogP) is 6.98. The van der Waals surface area contributed by atoms with Crippen LogP contribution in [0.5, 0.6) is 11.5 Å². The molecule has 0 unspecified atom stereocenters.